The van der Waals surface area contributed by atoms with E-state index in [9.17, 15) is 4.79 Å². The number of carbonyl (C=O) groups is 1. The number of likely N-dealkylation sites (tertiary alicyclic amines) is 1. The maximum absolute atomic E-state index is 11.9. The lowest BCUT2D eigenvalue weighted by Crippen LogP contribution is -2.48. The number of hydrogen-bond acceptors (Lipinski definition) is 7. The van der Waals surface area contributed by atoms with Crippen molar-refractivity contribution >= 4 is 41.9 Å². The van der Waals surface area contributed by atoms with Crippen LogP contribution in [0.5, 0.6) is 0 Å². The Morgan fingerprint density at radius 1 is 1.16 bits per heavy atom. The van der Waals surface area contributed by atoms with Crippen molar-refractivity contribution in [2.45, 2.75) is 26.2 Å². The Bertz CT molecular complexity index is 676. The number of piperidine rings is 1. The van der Waals surface area contributed by atoms with Crippen LogP contribution in [0.2, 0.25) is 0 Å². The molecule has 0 aromatic carbocycles. The highest BCUT2D eigenvalue weighted by atomic mass is 127. The molecular weight excluding hydrogens is 509 g/mol. The molecule has 0 radical (unpaired) electrons. The largest absolute Gasteiger partial charge is 0.466 e. The second-order valence-corrected chi connectivity index (χ2v) is 7.72. The van der Waals surface area contributed by atoms with Gasteiger partial charge in [0.05, 0.1) is 12.5 Å². The minimum atomic E-state index is -0.0565. The summed E-state index contributed by atoms with van der Waals surface area (Å²) in [5.41, 5.74) is 0. The Labute approximate surface area is 202 Å². The summed E-state index contributed by atoms with van der Waals surface area (Å²) in [7, 11) is 1.82. The Morgan fingerprint density at radius 3 is 2.45 bits per heavy atom. The highest BCUT2D eigenvalue weighted by molar-refractivity contribution is 14.0. The number of halogens is 1. The zero-order valence-electron chi connectivity index (χ0n) is 18.7. The van der Waals surface area contributed by atoms with E-state index in [2.05, 4.69) is 35.0 Å². The fraction of sp³-hybridized carbons (Fsp3) is 0.714. The van der Waals surface area contributed by atoms with Crippen LogP contribution in [0.4, 0.5) is 5.95 Å². The number of hydrogen-bond donors (Lipinski definition) is 1. The molecule has 2 saturated heterocycles. The number of esters is 1. The summed E-state index contributed by atoms with van der Waals surface area (Å²) < 4.78 is 5.15. The first-order valence-electron chi connectivity index (χ1n) is 11.1. The number of nitrogens with one attached hydrogen (secondary N) is 1. The number of carbonyl (C=O) groups excluding carboxylic acids is 1. The van der Waals surface area contributed by atoms with E-state index in [-0.39, 0.29) is 35.9 Å². The Morgan fingerprint density at radius 2 is 1.84 bits per heavy atom. The molecule has 3 heterocycles. The first-order valence-corrected chi connectivity index (χ1v) is 11.1. The zero-order chi connectivity index (χ0) is 21.2. The molecule has 0 amide bonds. The number of guanidine groups is 1. The molecule has 0 unspecified atom stereocenters. The summed E-state index contributed by atoms with van der Waals surface area (Å²) in [6.07, 6.45) is 6.32. The van der Waals surface area contributed by atoms with Gasteiger partial charge in [-0.15, -0.1) is 24.0 Å². The number of aromatic nitrogens is 2. The van der Waals surface area contributed by atoms with Crippen LogP contribution in [0.1, 0.15) is 26.2 Å². The topological polar surface area (TPSA) is 86.2 Å². The smallest absolute Gasteiger partial charge is 0.309 e. The Balaban J connectivity index is 0.00000341. The molecule has 2 fully saturated rings. The van der Waals surface area contributed by atoms with E-state index in [0.717, 1.165) is 83.5 Å². The number of nitrogens with zero attached hydrogens (tertiary/aromatic N) is 6. The molecule has 3 rings (SSSR count). The minimum absolute atomic E-state index is 0. The first kappa shape index (κ1) is 25.6. The van der Waals surface area contributed by atoms with E-state index in [1.807, 2.05) is 20.0 Å². The van der Waals surface area contributed by atoms with Gasteiger partial charge in [-0.05, 0) is 38.8 Å². The molecule has 10 heteroatoms. The summed E-state index contributed by atoms with van der Waals surface area (Å²) in [5.74, 6) is 1.73. The van der Waals surface area contributed by atoms with Crippen LogP contribution in [-0.4, -0.2) is 97.7 Å². The molecule has 2 aliphatic heterocycles. The van der Waals surface area contributed by atoms with Gasteiger partial charge >= 0.3 is 5.97 Å². The van der Waals surface area contributed by atoms with Crippen molar-refractivity contribution in [2.24, 2.45) is 10.9 Å². The average molecular weight is 545 g/mol. The van der Waals surface area contributed by atoms with Crippen molar-refractivity contribution in [1.29, 1.82) is 0 Å². The standard InChI is InChI=1S/C21H35N7O2.HI/c1-3-30-19(29)18-6-12-27(13-7-18)20(22-2)23-10-5-11-26-14-16-28(17-15-26)21-24-8-4-9-25-21;/h4,8-9,18H,3,5-7,10-17H2,1-2H3,(H,22,23);1H. The number of rotatable bonds is 7. The molecular formula is C21H36IN7O2. The molecule has 0 bridgehead atoms. The highest BCUT2D eigenvalue weighted by Gasteiger charge is 2.27. The van der Waals surface area contributed by atoms with Gasteiger partial charge in [0.2, 0.25) is 5.95 Å². The van der Waals surface area contributed by atoms with E-state index in [1.54, 1.807) is 12.4 Å². The molecule has 174 valence electrons. The number of anilines is 1. The summed E-state index contributed by atoms with van der Waals surface area (Å²) >= 11 is 0. The van der Waals surface area contributed by atoms with Crippen molar-refractivity contribution in [3.8, 4) is 0 Å². The molecule has 31 heavy (non-hydrogen) atoms. The summed E-state index contributed by atoms with van der Waals surface area (Å²) in [4.78, 5) is 32.0. The van der Waals surface area contributed by atoms with E-state index in [1.165, 1.54) is 0 Å². The quantitative estimate of drug-likeness (QED) is 0.181. The molecule has 2 aliphatic rings. The first-order chi connectivity index (χ1) is 14.7. The van der Waals surface area contributed by atoms with Crippen LogP contribution in [-0.2, 0) is 9.53 Å². The van der Waals surface area contributed by atoms with Crippen LogP contribution < -0.4 is 10.2 Å². The Kier molecular flexibility index (Phi) is 11.3. The van der Waals surface area contributed by atoms with Crippen molar-refractivity contribution in [1.82, 2.24) is 25.1 Å². The van der Waals surface area contributed by atoms with Crippen molar-refractivity contribution in [3.05, 3.63) is 18.5 Å². The van der Waals surface area contributed by atoms with Gasteiger partial charge in [0.15, 0.2) is 5.96 Å². The zero-order valence-corrected chi connectivity index (χ0v) is 21.0. The molecule has 9 nitrogen and oxygen atoms in total. The second-order valence-electron chi connectivity index (χ2n) is 7.72. The van der Waals surface area contributed by atoms with E-state index < -0.39 is 0 Å². The summed E-state index contributed by atoms with van der Waals surface area (Å²) in [6.45, 7) is 9.96. The molecule has 0 atom stereocenters. The van der Waals surface area contributed by atoms with Crippen LogP contribution in [0, 0.1) is 5.92 Å². The fourth-order valence-corrected chi connectivity index (χ4v) is 4.05. The molecule has 1 aromatic rings. The van der Waals surface area contributed by atoms with Gasteiger partial charge in [-0.3, -0.25) is 14.7 Å². The monoisotopic (exact) mass is 545 g/mol. The normalized spacial score (nSPS) is 18.5. The van der Waals surface area contributed by atoms with Gasteiger partial charge in [-0.2, -0.15) is 0 Å². The van der Waals surface area contributed by atoms with Crippen molar-refractivity contribution in [2.75, 3.05) is 70.9 Å². The Hall–Kier alpha value is -1.69. The van der Waals surface area contributed by atoms with Gasteiger partial charge in [-0.1, -0.05) is 0 Å². The fourth-order valence-electron chi connectivity index (χ4n) is 4.05. The maximum atomic E-state index is 11.9. The van der Waals surface area contributed by atoms with Gasteiger partial charge in [-0.25, -0.2) is 9.97 Å². The number of piperazine rings is 1. The van der Waals surface area contributed by atoms with Gasteiger partial charge in [0.1, 0.15) is 0 Å². The molecule has 0 saturated carbocycles. The van der Waals surface area contributed by atoms with E-state index in [0.29, 0.717) is 6.61 Å². The van der Waals surface area contributed by atoms with Crippen LogP contribution in [0.15, 0.2) is 23.5 Å². The van der Waals surface area contributed by atoms with Crippen LogP contribution in [0.25, 0.3) is 0 Å². The van der Waals surface area contributed by atoms with Crippen LogP contribution in [0.3, 0.4) is 0 Å². The molecule has 0 spiro atoms. The number of aliphatic imine (C=N–C) groups is 1. The number of ether oxygens (including phenoxy) is 1. The molecule has 1 aromatic heterocycles. The lowest BCUT2D eigenvalue weighted by atomic mass is 9.97. The SMILES string of the molecule is CCOC(=O)C1CCN(C(=NC)NCCCN2CCN(c3ncccn3)CC2)CC1.I. The van der Waals surface area contributed by atoms with E-state index in [4.69, 9.17) is 4.74 Å². The predicted molar refractivity (Wildman–Crippen MR) is 133 cm³/mol. The average Bonchev–Trinajstić information content (AvgIpc) is 2.80. The van der Waals surface area contributed by atoms with Crippen molar-refractivity contribution < 1.29 is 9.53 Å². The highest BCUT2D eigenvalue weighted by Crippen LogP contribution is 2.18. The molecule has 0 aliphatic carbocycles. The van der Waals surface area contributed by atoms with Crippen molar-refractivity contribution in [3.63, 3.8) is 0 Å². The minimum Gasteiger partial charge on any atom is -0.466 e. The summed E-state index contributed by atoms with van der Waals surface area (Å²) in [6, 6.07) is 1.85. The third kappa shape index (κ3) is 7.74. The third-order valence-electron chi connectivity index (χ3n) is 5.77. The van der Waals surface area contributed by atoms with E-state index >= 15 is 0 Å². The third-order valence-corrected chi connectivity index (χ3v) is 5.77. The second kappa shape index (κ2) is 13.7. The maximum Gasteiger partial charge on any atom is 0.309 e. The van der Waals surface area contributed by atoms with Gasteiger partial charge in [0.25, 0.3) is 0 Å². The van der Waals surface area contributed by atoms with Gasteiger partial charge < -0.3 is 19.9 Å². The molecule has 1 N–H and O–H groups in total. The predicted octanol–water partition coefficient (Wildman–Crippen LogP) is 1.46. The summed E-state index contributed by atoms with van der Waals surface area (Å²) in [5, 5.41) is 3.49. The van der Waals surface area contributed by atoms with Crippen LogP contribution >= 0.6 is 24.0 Å². The van der Waals surface area contributed by atoms with Gasteiger partial charge in [0, 0.05) is 65.3 Å². The lowest BCUT2D eigenvalue weighted by Gasteiger charge is -2.35. The lowest BCUT2D eigenvalue weighted by molar-refractivity contribution is -0.149.